The van der Waals surface area contributed by atoms with Gasteiger partial charge in [-0.15, -0.1) is 10.2 Å². The van der Waals surface area contributed by atoms with Gasteiger partial charge in [-0.2, -0.15) is 0 Å². The highest BCUT2D eigenvalue weighted by molar-refractivity contribution is 8.00. The summed E-state index contributed by atoms with van der Waals surface area (Å²) in [5.41, 5.74) is 2.62. The molecule has 7 heteroatoms. The van der Waals surface area contributed by atoms with Crippen molar-refractivity contribution < 1.29 is 9.53 Å². The van der Waals surface area contributed by atoms with E-state index in [1.807, 2.05) is 42.5 Å². The van der Waals surface area contributed by atoms with Crippen LogP contribution < -0.4 is 10.1 Å². The minimum atomic E-state index is 0.0409. The van der Waals surface area contributed by atoms with Gasteiger partial charge in [-0.3, -0.25) is 4.79 Å². The lowest BCUT2D eigenvalue weighted by Crippen LogP contribution is -1.96. The van der Waals surface area contributed by atoms with Crippen LogP contribution in [0.5, 0.6) is 5.75 Å². The number of anilines is 2. The van der Waals surface area contributed by atoms with Gasteiger partial charge < -0.3 is 10.1 Å². The minimum absolute atomic E-state index is 0.0409. The van der Waals surface area contributed by atoms with Crippen molar-refractivity contribution in [3.63, 3.8) is 0 Å². The van der Waals surface area contributed by atoms with Gasteiger partial charge in [0.25, 0.3) is 0 Å². The van der Waals surface area contributed by atoms with Crippen LogP contribution in [0.3, 0.4) is 0 Å². The first-order chi connectivity index (χ1) is 12.2. The molecule has 0 aliphatic rings. The van der Waals surface area contributed by atoms with Crippen molar-refractivity contribution in [2.75, 3.05) is 12.4 Å². The highest BCUT2D eigenvalue weighted by atomic mass is 32.2. The standard InChI is InChI=1S/C18H17N3O2S2/c1-12(22)13-8-9-16(23-2)14(10-13)11-24-18-21-20-17(25-18)19-15-6-4-3-5-7-15/h3-10H,11H2,1-2H3,(H,19,20). The molecular formula is C18H17N3O2S2. The van der Waals surface area contributed by atoms with Gasteiger partial charge in [0.05, 0.1) is 7.11 Å². The van der Waals surface area contributed by atoms with E-state index in [1.54, 1.807) is 31.9 Å². The van der Waals surface area contributed by atoms with Gasteiger partial charge in [-0.1, -0.05) is 41.3 Å². The van der Waals surface area contributed by atoms with Gasteiger partial charge in [0.1, 0.15) is 5.75 Å². The fraction of sp³-hybridized carbons (Fsp3) is 0.167. The molecule has 0 aliphatic carbocycles. The van der Waals surface area contributed by atoms with Crippen molar-refractivity contribution in [3.05, 3.63) is 59.7 Å². The van der Waals surface area contributed by atoms with Gasteiger partial charge in [-0.25, -0.2) is 0 Å². The molecule has 0 saturated heterocycles. The van der Waals surface area contributed by atoms with E-state index in [9.17, 15) is 4.79 Å². The summed E-state index contributed by atoms with van der Waals surface area (Å²) in [6, 6.07) is 15.3. The predicted octanol–water partition coefficient (Wildman–Crippen LogP) is 4.79. The maximum absolute atomic E-state index is 11.6. The Bertz CT molecular complexity index is 866. The number of nitrogens with zero attached hydrogens (tertiary/aromatic N) is 2. The van der Waals surface area contributed by atoms with Crippen LogP contribution in [0.2, 0.25) is 0 Å². The van der Waals surface area contributed by atoms with Crippen molar-refractivity contribution in [2.45, 2.75) is 17.0 Å². The zero-order valence-corrected chi connectivity index (χ0v) is 15.5. The molecule has 3 rings (SSSR count). The van der Waals surface area contributed by atoms with Crippen LogP contribution in [0.1, 0.15) is 22.8 Å². The molecule has 0 bridgehead atoms. The van der Waals surface area contributed by atoms with Gasteiger partial charge >= 0.3 is 0 Å². The lowest BCUT2D eigenvalue weighted by Gasteiger charge is -2.08. The summed E-state index contributed by atoms with van der Waals surface area (Å²) >= 11 is 3.06. The normalized spacial score (nSPS) is 10.5. The highest BCUT2D eigenvalue weighted by Crippen LogP contribution is 2.32. The summed E-state index contributed by atoms with van der Waals surface area (Å²) in [6.45, 7) is 1.56. The average molecular weight is 371 g/mol. The molecule has 1 aromatic heterocycles. The lowest BCUT2D eigenvalue weighted by molar-refractivity contribution is 0.101. The second-order valence-electron chi connectivity index (χ2n) is 5.24. The molecule has 0 fully saturated rings. The molecule has 0 aliphatic heterocycles. The van der Waals surface area contributed by atoms with Crippen molar-refractivity contribution >= 4 is 39.7 Å². The maximum Gasteiger partial charge on any atom is 0.210 e. The second-order valence-corrected chi connectivity index (χ2v) is 7.44. The Labute approximate surface area is 154 Å². The summed E-state index contributed by atoms with van der Waals surface area (Å²) in [4.78, 5) is 11.6. The van der Waals surface area contributed by atoms with Crippen LogP contribution >= 0.6 is 23.1 Å². The smallest absolute Gasteiger partial charge is 0.210 e. The molecule has 3 aromatic rings. The molecule has 0 atom stereocenters. The SMILES string of the molecule is COc1ccc(C(C)=O)cc1CSc1nnc(Nc2ccccc2)s1. The van der Waals surface area contributed by atoms with Crippen LogP contribution in [-0.4, -0.2) is 23.1 Å². The zero-order valence-electron chi connectivity index (χ0n) is 13.9. The molecular weight excluding hydrogens is 354 g/mol. The van der Waals surface area contributed by atoms with Crippen molar-refractivity contribution in [1.29, 1.82) is 0 Å². The molecule has 1 heterocycles. The first kappa shape index (κ1) is 17.4. The first-order valence-electron chi connectivity index (χ1n) is 7.62. The number of carbonyl (C=O) groups excluding carboxylic acids is 1. The molecule has 25 heavy (non-hydrogen) atoms. The van der Waals surface area contributed by atoms with E-state index in [0.29, 0.717) is 11.3 Å². The van der Waals surface area contributed by atoms with E-state index in [4.69, 9.17) is 4.74 Å². The molecule has 0 amide bonds. The average Bonchev–Trinajstić information content (AvgIpc) is 3.07. The molecule has 0 saturated carbocycles. The third-order valence-corrected chi connectivity index (χ3v) is 5.49. The summed E-state index contributed by atoms with van der Waals surface area (Å²) in [6.07, 6.45) is 0. The Morgan fingerprint density at radius 1 is 1.20 bits per heavy atom. The van der Waals surface area contributed by atoms with Crippen LogP contribution in [0.4, 0.5) is 10.8 Å². The van der Waals surface area contributed by atoms with Gasteiger partial charge in [-0.05, 0) is 37.3 Å². The number of ether oxygens (including phenoxy) is 1. The molecule has 0 radical (unpaired) electrons. The van der Waals surface area contributed by atoms with Crippen LogP contribution in [0, 0.1) is 0 Å². The van der Waals surface area contributed by atoms with E-state index < -0.39 is 0 Å². The van der Waals surface area contributed by atoms with Gasteiger partial charge in [0, 0.05) is 22.6 Å². The Kier molecular flexibility index (Phi) is 5.67. The number of para-hydroxylation sites is 1. The molecule has 0 unspecified atom stereocenters. The number of aromatic nitrogens is 2. The van der Waals surface area contributed by atoms with Gasteiger partial charge in [0.2, 0.25) is 5.13 Å². The first-order valence-corrected chi connectivity index (χ1v) is 9.42. The zero-order chi connectivity index (χ0) is 17.6. The molecule has 128 valence electrons. The number of carbonyl (C=O) groups is 1. The summed E-state index contributed by atoms with van der Waals surface area (Å²) in [7, 11) is 1.63. The van der Waals surface area contributed by atoms with E-state index in [1.165, 1.54) is 11.3 Å². The number of benzene rings is 2. The Hall–Kier alpha value is -2.38. The fourth-order valence-electron chi connectivity index (χ4n) is 2.21. The predicted molar refractivity (Wildman–Crippen MR) is 102 cm³/mol. The van der Waals surface area contributed by atoms with Crippen molar-refractivity contribution in [2.24, 2.45) is 0 Å². The van der Waals surface area contributed by atoms with Crippen LogP contribution in [0.15, 0.2) is 52.9 Å². The van der Waals surface area contributed by atoms with E-state index in [-0.39, 0.29) is 5.78 Å². The quantitative estimate of drug-likeness (QED) is 0.476. The number of Topliss-reactive ketones (excluding diaryl/α,β-unsaturated/α-hetero) is 1. The van der Waals surface area contributed by atoms with E-state index in [2.05, 4.69) is 15.5 Å². The van der Waals surface area contributed by atoms with Crippen molar-refractivity contribution in [3.8, 4) is 5.75 Å². The molecule has 5 nitrogen and oxygen atoms in total. The number of hydrogen-bond donors (Lipinski definition) is 1. The van der Waals surface area contributed by atoms with Crippen LogP contribution in [-0.2, 0) is 5.75 Å². The lowest BCUT2D eigenvalue weighted by atomic mass is 10.1. The third kappa shape index (κ3) is 4.58. The summed E-state index contributed by atoms with van der Waals surface area (Å²) in [5.74, 6) is 1.47. The Balaban J connectivity index is 1.68. The topological polar surface area (TPSA) is 64.1 Å². The number of thioether (sulfide) groups is 1. The number of methoxy groups -OCH3 is 1. The monoisotopic (exact) mass is 371 g/mol. The highest BCUT2D eigenvalue weighted by Gasteiger charge is 2.10. The number of nitrogens with one attached hydrogen (secondary N) is 1. The van der Waals surface area contributed by atoms with Gasteiger partial charge in [0.15, 0.2) is 10.1 Å². The van der Waals surface area contributed by atoms with E-state index in [0.717, 1.165) is 26.5 Å². The molecule has 1 N–H and O–H groups in total. The maximum atomic E-state index is 11.6. The number of ketones is 1. The number of hydrogen-bond acceptors (Lipinski definition) is 7. The minimum Gasteiger partial charge on any atom is -0.496 e. The van der Waals surface area contributed by atoms with Crippen molar-refractivity contribution in [1.82, 2.24) is 10.2 Å². The summed E-state index contributed by atoms with van der Waals surface area (Å²) in [5, 5.41) is 12.3. The summed E-state index contributed by atoms with van der Waals surface area (Å²) < 4.78 is 6.24. The third-order valence-electron chi connectivity index (χ3n) is 3.47. The van der Waals surface area contributed by atoms with E-state index >= 15 is 0 Å². The second kappa shape index (κ2) is 8.13. The molecule has 0 spiro atoms. The number of rotatable bonds is 7. The van der Waals surface area contributed by atoms with Crippen LogP contribution in [0.25, 0.3) is 0 Å². The molecule has 2 aromatic carbocycles. The largest absolute Gasteiger partial charge is 0.496 e. The Morgan fingerprint density at radius 2 is 2.00 bits per heavy atom. The Morgan fingerprint density at radius 3 is 2.72 bits per heavy atom. The fourth-order valence-corrected chi connectivity index (χ4v) is 3.96.